The van der Waals surface area contributed by atoms with Gasteiger partial charge in [0.05, 0.1) is 30.4 Å². The molecule has 1 unspecified atom stereocenters. The van der Waals surface area contributed by atoms with Crippen molar-refractivity contribution in [1.82, 2.24) is 0 Å². The normalized spacial score (nSPS) is 11.3. The van der Waals surface area contributed by atoms with Crippen molar-refractivity contribution in [3.8, 4) is 0 Å². The van der Waals surface area contributed by atoms with Crippen LogP contribution in [0.2, 0.25) is 0 Å². The lowest BCUT2D eigenvalue weighted by Gasteiger charge is -2.11. The summed E-state index contributed by atoms with van der Waals surface area (Å²) in [6, 6.07) is 5.71. The van der Waals surface area contributed by atoms with Gasteiger partial charge in [0.2, 0.25) is 0 Å². The van der Waals surface area contributed by atoms with Gasteiger partial charge in [-0.2, -0.15) is 0 Å². The van der Waals surface area contributed by atoms with E-state index in [9.17, 15) is 19.5 Å². The van der Waals surface area contributed by atoms with Crippen LogP contribution in [-0.2, 0) is 14.3 Å². The van der Waals surface area contributed by atoms with E-state index < -0.39 is 24.0 Å². The summed E-state index contributed by atoms with van der Waals surface area (Å²) in [7, 11) is 0. The zero-order chi connectivity index (χ0) is 17.2. The zero-order valence-corrected chi connectivity index (χ0v) is 12.4. The van der Waals surface area contributed by atoms with Crippen LogP contribution in [0.3, 0.4) is 0 Å². The standard InChI is InChI=1S/C16H18O7/c1-2-14(18)22-9-7-11(17)8-10-23-16(21)13-6-4-3-5-12(13)15(19)20/h2-6,11,17H,1,7-10H2,(H,19,20). The molecule has 0 aliphatic carbocycles. The zero-order valence-electron chi connectivity index (χ0n) is 12.4. The van der Waals surface area contributed by atoms with Crippen molar-refractivity contribution in [2.24, 2.45) is 0 Å². The van der Waals surface area contributed by atoms with Crippen molar-refractivity contribution < 1.29 is 34.1 Å². The first-order valence-corrected chi connectivity index (χ1v) is 6.92. The number of esters is 2. The first-order chi connectivity index (χ1) is 11.0. The second kappa shape index (κ2) is 9.37. The molecule has 0 aliphatic heterocycles. The summed E-state index contributed by atoms with van der Waals surface area (Å²) in [5, 5.41) is 18.7. The molecule has 0 spiro atoms. The van der Waals surface area contributed by atoms with Crippen LogP contribution in [0.5, 0.6) is 0 Å². The van der Waals surface area contributed by atoms with E-state index >= 15 is 0 Å². The Morgan fingerprint density at radius 3 is 2.22 bits per heavy atom. The van der Waals surface area contributed by atoms with Crippen molar-refractivity contribution >= 4 is 17.9 Å². The first kappa shape index (κ1) is 18.4. The molecule has 2 N–H and O–H groups in total. The summed E-state index contributed by atoms with van der Waals surface area (Å²) in [6.45, 7) is 3.19. The number of benzene rings is 1. The van der Waals surface area contributed by atoms with Crippen LogP contribution in [0.25, 0.3) is 0 Å². The maximum atomic E-state index is 11.8. The van der Waals surface area contributed by atoms with E-state index in [0.717, 1.165) is 6.08 Å². The Hall–Kier alpha value is -2.67. The lowest BCUT2D eigenvalue weighted by Crippen LogP contribution is -2.17. The van der Waals surface area contributed by atoms with Gasteiger partial charge < -0.3 is 19.7 Å². The molecule has 0 radical (unpaired) electrons. The van der Waals surface area contributed by atoms with Gasteiger partial charge in [-0.15, -0.1) is 0 Å². The Labute approximate surface area is 133 Å². The number of carbonyl (C=O) groups is 3. The van der Waals surface area contributed by atoms with Crippen molar-refractivity contribution in [3.05, 3.63) is 48.0 Å². The number of aliphatic hydroxyl groups excluding tert-OH is 1. The monoisotopic (exact) mass is 322 g/mol. The smallest absolute Gasteiger partial charge is 0.339 e. The third kappa shape index (κ3) is 6.31. The number of hydrogen-bond donors (Lipinski definition) is 2. The molecule has 7 heteroatoms. The van der Waals surface area contributed by atoms with E-state index in [2.05, 4.69) is 6.58 Å². The maximum absolute atomic E-state index is 11.8. The Morgan fingerprint density at radius 2 is 1.65 bits per heavy atom. The number of aliphatic hydroxyl groups is 1. The van der Waals surface area contributed by atoms with Gasteiger partial charge in [0.15, 0.2) is 0 Å². The summed E-state index contributed by atoms with van der Waals surface area (Å²) in [6.07, 6.45) is 0.555. The summed E-state index contributed by atoms with van der Waals surface area (Å²) in [4.78, 5) is 33.7. The van der Waals surface area contributed by atoms with Crippen molar-refractivity contribution in [2.45, 2.75) is 18.9 Å². The molecule has 0 aromatic heterocycles. The van der Waals surface area contributed by atoms with E-state index in [-0.39, 0.29) is 37.2 Å². The summed E-state index contributed by atoms with van der Waals surface area (Å²) < 4.78 is 9.66. The molecule has 7 nitrogen and oxygen atoms in total. The largest absolute Gasteiger partial charge is 0.478 e. The molecule has 124 valence electrons. The minimum absolute atomic E-state index is 0.0296. The molecule has 0 saturated heterocycles. The summed E-state index contributed by atoms with van der Waals surface area (Å²) in [5.74, 6) is -2.57. The van der Waals surface area contributed by atoms with Gasteiger partial charge in [-0.05, 0) is 12.1 Å². The van der Waals surface area contributed by atoms with Gasteiger partial charge in [0, 0.05) is 18.9 Å². The number of carboxylic acid groups (broad SMARTS) is 1. The molecule has 1 aromatic carbocycles. The number of hydrogen-bond acceptors (Lipinski definition) is 6. The average molecular weight is 322 g/mol. The molecular weight excluding hydrogens is 304 g/mol. The number of carboxylic acids is 1. The van der Waals surface area contributed by atoms with Crippen LogP contribution in [-0.4, -0.2) is 47.4 Å². The highest BCUT2D eigenvalue weighted by atomic mass is 16.5. The number of rotatable bonds is 9. The third-order valence-electron chi connectivity index (χ3n) is 2.92. The number of aromatic carboxylic acids is 1. The predicted molar refractivity (Wildman–Crippen MR) is 80.1 cm³/mol. The van der Waals surface area contributed by atoms with Crippen LogP contribution in [0.1, 0.15) is 33.6 Å². The molecule has 0 saturated carbocycles. The molecular formula is C16H18O7. The van der Waals surface area contributed by atoms with E-state index in [1.54, 1.807) is 0 Å². The van der Waals surface area contributed by atoms with E-state index in [0.29, 0.717) is 0 Å². The highest BCUT2D eigenvalue weighted by Gasteiger charge is 2.17. The van der Waals surface area contributed by atoms with Gasteiger partial charge >= 0.3 is 17.9 Å². The van der Waals surface area contributed by atoms with Crippen LogP contribution in [0.15, 0.2) is 36.9 Å². The Morgan fingerprint density at radius 1 is 1.09 bits per heavy atom. The number of ether oxygens (including phenoxy) is 2. The lowest BCUT2D eigenvalue weighted by molar-refractivity contribution is -0.138. The third-order valence-corrected chi connectivity index (χ3v) is 2.92. The van der Waals surface area contributed by atoms with Crippen LogP contribution in [0.4, 0.5) is 0 Å². The molecule has 0 heterocycles. The van der Waals surface area contributed by atoms with Crippen LogP contribution in [0, 0.1) is 0 Å². The van der Waals surface area contributed by atoms with Gasteiger partial charge in [-0.1, -0.05) is 18.7 Å². The Kier molecular flexibility index (Phi) is 7.49. The van der Waals surface area contributed by atoms with E-state index in [4.69, 9.17) is 14.6 Å². The van der Waals surface area contributed by atoms with Gasteiger partial charge in [0.1, 0.15) is 0 Å². The summed E-state index contributed by atoms with van der Waals surface area (Å²) >= 11 is 0. The first-order valence-electron chi connectivity index (χ1n) is 6.92. The molecule has 0 aliphatic rings. The maximum Gasteiger partial charge on any atom is 0.339 e. The van der Waals surface area contributed by atoms with E-state index in [1.165, 1.54) is 24.3 Å². The molecule has 0 fully saturated rings. The molecule has 23 heavy (non-hydrogen) atoms. The molecule has 1 atom stereocenters. The molecule has 0 bridgehead atoms. The fraction of sp³-hybridized carbons (Fsp3) is 0.312. The van der Waals surface area contributed by atoms with Gasteiger partial charge in [-0.3, -0.25) is 0 Å². The Bertz CT molecular complexity index is 580. The van der Waals surface area contributed by atoms with Crippen molar-refractivity contribution in [3.63, 3.8) is 0 Å². The van der Waals surface area contributed by atoms with E-state index in [1.807, 2.05) is 0 Å². The SMILES string of the molecule is C=CC(=O)OCCC(O)CCOC(=O)c1ccccc1C(=O)O. The van der Waals surface area contributed by atoms with Gasteiger partial charge in [0.25, 0.3) is 0 Å². The highest BCUT2D eigenvalue weighted by Crippen LogP contribution is 2.11. The van der Waals surface area contributed by atoms with Crippen molar-refractivity contribution in [2.75, 3.05) is 13.2 Å². The molecule has 1 rings (SSSR count). The fourth-order valence-electron chi connectivity index (χ4n) is 1.71. The number of carbonyl (C=O) groups excluding carboxylic acids is 2. The van der Waals surface area contributed by atoms with Crippen molar-refractivity contribution in [1.29, 1.82) is 0 Å². The van der Waals surface area contributed by atoms with Crippen LogP contribution < -0.4 is 0 Å². The molecule has 1 aromatic rings. The van der Waals surface area contributed by atoms with Gasteiger partial charge in [-0.25, -0.2) is 14.4 Å². The minimum Gasteiger partial charge on any atom is -0.478 e. The van der Waals surface area contributed by atoms with Crippen LogP contribution >= 0.6 is 0 Å². The predicted octanol–water partition coefficient (Wildman–Crippen LogP) is 1.41. The quantitative estimate of drug-likeness (QED) is 0.522. The molecule has 0 amide bonds. The lowest BCUT2D eigenvalue weighted by atomic mass is 10.1. The Balaban J connectivity index is 2.38. The average Bonchev–Trinajstić information content (AvgIpc) is 2.54. The second-order valence-electron chi connectivity index (χ2n) is 4.59. The highest BCUT2D eigenvalue weighted by molar-refractivity contribution is 6.02. The topological polar surface area (TPSA) is 110 Å². The second-order valence-corrected chi connectivity index (χ2v) is 4.59. The summed E-state index contributed by atoms with van der Waals surface area (Å²) in [5.41, 5.74) is -0.191. The fourth-order valence-corrected chi connectivity index (χ4v) is 1.71. The minimum atomic E-state index is -1.22.